The third kappa shape index (κ3) is 5.39. The Bertz CT molecular complexity index is 628. The van der Waals surface area contributed by atoms with E-state index in [0.29, 0.717) is 49.6 Å². The van der Waals surface area contributed by atoms with Gasteiger partial charge in [0, 0.05) is 44.2 Å². The molecule has 7 nitrogen and oxygen atoms in total. The summed E-state index contributed by atoms with van der Waals surface area (Å²) in [7, 11) is 0. The molecule has 7 heteroatoms. The molecular formula is C20H33N5O2. The van der Waals surface area contributed by atoms with Crippen LogP contribution in [0.5, 0.6) is 0 Å². The topological polar surface area (TPSA) is 84.5 Å². The number of rotatable bonds is 7. The van der Waals surface area contributed by atoms with Crippen LogP contribution in [0, 0.1) is 5.92 Å². The Balaban J connectivity index is 1.39. The lowest BCUT2D eigenvalue weighted by molar-refractivity contribution is -0.134. The van der Waals surface area contributed by atoms with Crippen molar-refractivity contribution in [3.05, 3.63) is 18.0 Å². The number of likely N-dealkylation sites (tertiary alicyclic amines) is 2. The Kier molecular flexibility index (Phi) is 7.01. The first-order valence-corrected chi connectivity index (χ1v) is 10.3. The van der Waals surface area contributed by atoms with E-state index in [0.717, 1.165) is 57.4 Å². The van der Waals surface area contributed by atoms with E-state index in [4.69, 9.17) is 5.73 Å². The molecule has 3 heterocycles. The Morgan fingerprint density at radius 1 is 1.15 bits per heavy atom. The molecule has 1 aromatic rings. The van der Waals surface area contributed by atoms with Crippen molar-refractivity contribution in [2.45, 2.75) is 58.0 Å². The molecule has 2 saturated heterocycles. The fourth-order valence-electron chi connectivity index (χ4n) is 4.15. The zero-order valence-electron chi connectivity index (χ0n) is 16.5. The first kappa shape index (κ1) is 20.0. The third-order valence-corrected chi connectivity index (χ3v) is 6.05. The number of Topliss-reactive ketones (excluding diaryl/α,β-unsaturated/α-hetero) is 1. The number of carbonyl (C=O) groups excluding carboxylic acids is 2. The maximum Gasteiger partial charge on any atom is 0.222 e. The van der Waals surface area contributed by atoms with Crippen LogP contribution in [-0.4, -0.2) is 64.0 Å². The van der Waals surface area contributed by atoms with E-state index in [1.807, 2.05) is 28.9 Å². The minimum atomic E-state index is 0.291. The molecule has 2 aliphatic rings. The summed E-state index contributed by atoms with van der Waals surface area (Å²) in [5, 5.41) is 4.41. The van der Waals surface area contributed by atoms with Crippen LogP contribution in [-0.2, 0) is 16.1 Å². The molecule has 0 spiro atoms. The van der Waals surface area contributed by atoms with Gasteiger partial charge in [-0.2, -0.15) is 5.10 Å². The summed E-state index contributed by atoms with van der Waals surface area (Å²) >= 11 is 0. The number of piperidine rings is 2. The van der Waals surface area contributed by atoms with Crippen LogP contribution in [0.1, 0.15) is 57.1 Å². The molecule has 0 bridgehead atoms. The summed E-state index contributed by atoms with van der Waals surface area (Å²) in [6, 6.07) is 0.369. The van der Waals surface area contributed by atoms with E-state index in [9.17, 15) is 9.59 Å². The molecule has 27 heavy (non-hydrogen) atoms. The number of hydrogen-bond acceptors (Lipinski definition) is 5. The molecule has 3 rings (SSSR count). The molecule has 150 valence electrons. The summed E-state index contributed by atoms with van der Waals surface area (Å²) in [5.41, 5.74) is 6.71. The number of carbonyl (C=O) groups is 2. The Labute approximate surface area is 161 Å². The van der Waals surface area contributed by atoms with Crippen molar-refractivity contribution in [2.75, 3.05) is 32.7 Å². The van der Waals surface area contributed by atoms with E-state index in [2.05, 4.69) is 10.00 Å². The summed E-state index contributed by atoms with van der Waals surface area (Å²) in [5.74, 6) is 1.06. The van der Waals surface area contributed by atoms with E-state index < -0.39 is 0 Å². The molecule has 0 radical (unpaired) electrons. The molecule has 0 aliphatic carbocycles. The van der Waals surface area contributed by atoms with Gasteiger partial charge < -0.3 is 10.6 Å². The maximum atomic E-state index is 12.7. The molecule has 0 aromatic carbocycles. The molecule has 0 saturated carbocycles. The third-order valence-electron chi connectivity index (χ3n) is 6.05. The lowest BCUT2D eigenvalue weighted by atomic mass is 9.92. The number of amides is 1. The van der Waals surface area contributed by atoms with Crippen molar-refractivity contribution < 1.29 is 9.59 Å². The molecule has 2 N–H and O–H groups in total. The van der Waals surface area contributed by atoms with Crippen LogP contribution in [0.2, 0.25) is 0 Å². The zero-order chi connectivity index (χ0) is 19.2. The molecular weight excluding hydrogens is 342 g/mol. The van der Waals surface area contributed by atoms with Gasteiger partial charge in [0.25, 0.3) is 0 Å². The quantitative estimate of drug-likeness (QED) is 0.782. The Morgan fingerprint density at radius 3 is 2.44 bits per heavy atom. The first-order chi connectivity index (χ1) is 13.1. The zero-order valence-corrected chi connectivity index (χ0v) is 16.5. The van der Waals surface area contributed by atoms with E-state index in [1.165, 1.54) is 0 Å². The first-order valence-electron chi connectivity index (χ1n) is 10.3. The van der Waals surface area contributed by atoms with Crippen LogP contribution < -0.4 is 5.73 Å². The van der Waals surface area contributed by atoms with Crippen molar-refractivity contribution in [3.8, 4) is 0 Å². The lowest BCUT2D eigenvalue weighted by Crippen LogP contribution is -2.42. The molecule has 0 unspecified atom stereocenters. The van der Waals surface area contributed by atoms with Gasteiger partial charge >= 0.3 is 0 Å². The summed E-state index contributed by atoms with van der Waals surface area (Å²) in [4.78, 5) is 28.5. The lowest BCUT2D eigenvalue weighted by Gasteiger charge is -2.35. The Hall–Kier alpha value is -1.73. The summed E-state index contributed by atoms with van der Waals surface area (Å²) in [6.07, 6.45) is 9.07. The average Bonchev–Trinajstić information content (AvgIpc) is 3.19. The van der Waals surface area contributed by atoms with Crippen molar-refractivity contribution in [1.29, 1.82) is 0 Å². The van der Waals surface area contributed by atoms with Crippen LogP contribution in [0.15, 0.2) is 12.4 Å². The maximum absolute atomic E-state index is 12.7. The van der Waals surface area contributed by atoms with Gasteiger partial charge in [-0.05, 0) is 44.7 Å². The minimum absolute atomic E-state index is 0.291. The van der Waals surface area contributed by atoms with E-state index in [-0.39, 0.29) is 0 Å². The monoisotopic (exact) mass is 375 g/mol. The van der Waals surface area contributed by atoms with Crippen LogP contribution in [0.4, 0.5) is 0 Å². The van der Waals surface area contributed by atoms with Crippen molar-refractivity contribution in [1.82, 2.24) is 19.6 Å². The minimum Gasteiger partial charge on any atom is -0.343 e. The smallest absolute Gasteiger partial charge is 0.222 e. The predicted molar refractivity (Wildman–Crippen MR) is 104 cm³/mol. The molecule has 1 aromatic heterocycles. The molecule has 1 amide bonds. The van der Waals surface area contributed by atoms with Gasteiger partial charge in [-0.3, -0.25) is 19.2 Å². The number of hydrogen-bond donors (Lipinski definition) is 1. The van der Waals surface area contributed by atoms with Gasteiger partial charge in [-0.25, -0.2) is 0 Å². The second-order valence-electron chi connectivity index (χ2n) is 7.96. The molecule has 0 atom stereocenters. The van der Waals surface area contributed by atoms with Gasteiger partial charge in [0.15, 0.2) is 0 Å². The highest BCUT2D eigenvalue weighted by molar-refractivity contribution is 5.80. The van der Waals surface area contributed by atoms with Crippen molar-refractivity contribution in [3.63, 3.8) is 0 Å². The second-order valence-corrected chi connectivity index (χ2v) is 7.96. The van der Waals surface area contributed by atoms with Crippen LogP contribution in [0.25, 0.3) is 0 Å². The van der Waals surface area contributed by atoms with Crippen LogP contribution in [0.3, 0.4) is 0 Å². The largest absolute Gasteiger partial charge is 0.343 e. The predicted octanol–water partition coefficient (Wildman–Crippen LogP) is 1.59. The molecule has 2 fully saturated rings. The van der Waals surface area contributed by atoms with Gasteiger partial charge in [-0.1, -0.05) is 6.92 Å². The average molecular weight is 376 g/mol. The highest BCUT2D eigenvalue weighted by atomic mass is 16.2. The summed E-state index contributed by atoms with van der Waals surface area (Å²) in [6.45, 7) is 6.51. The number of nitrogens with two attached hydrogens (primary N) is 1. The SMILES string of the molecule is CCC(=O)CN1CCC(CC(=O)N2CCC(n3cc(CN)cn3)CC2)CC1. The molecule has 2 aliphatic heterocycles. The van der Waals surface area contributed by atoms with Crippen LogP contribution >= 0.6 is 0 Å². The van der Waals surface area contributed by atoms with Gasteiger partial charge in [0.2, 0.25) is 5.91 Å². The van der Waals surface area contributed by atoms with Crippen molar-refractivity contribution >= 4 is 11.7 Å². The second kappa shape index (κ2) is 9.46. The van der Waals surface area contributed by atoms with Gasteiger partial charge in [0.1, 0.15) is 5.78 Å². The van der Waals surface area contributed by atoms with E-state index >= 15 is 0 Å². The number of nitrogens with zero attached hydrogens (tertiary/aromatic N) is 4. The number of ketones is 1. The fraction of sp³-hybridized carbons (Fsp3) is 0.750. The Morgan fingerprint density at radius 2 is 1.85 bits per heavy atom. The van der Waals surface area contributed by atoms with E-state index in [1.54, 1.807) is 0 Å². The highest BCUT2D eigenvalue weighted by Crippen LogP contribution is 2.25. The normalized spacial score (nSPS) is 20.1. The number of aromatic nitrogens is 2. The summed E-state index contributed by atoms with van der Waals surface area (Å²) < 4.78 is 2.01. The van der Waals surface area contributed by atoms with Gasteiger partial charge in [-0.15, -0.1) is 0 Å². The van der Waals surface area contributed by atoms with Gasteiger partial charge in [0.05, 0.1) is 18.8 Å². The standard InChI is InChI=1S/C20H33N5O2/c1-2-19(26)15-23-7-3-16(4-8-23)11-20(27)24-9-5-18(6-10-24)25-14-17(12-21)13-22-25/h13-14,16,18H,2-12,15,21H2,1H3. The fourth-order valence-corrected chi connectivity index (χ4v) is 4.15. The van der Waals surface area contributed by atoms with Crippen molar-refractivity contribution in [2.24, 2.45) is 11.7 Å². The highest BCUT2D eigenvalue weighted by Gasteiger charge is 2.28.